The van der Waals surface area contributed by atoms with Crippen molar-refractivity contribution in [2.24, 2.45) is 0 Å². The van der Waals surface area contributed by atoms with Crippen LogP contribution in [0.15, 0.2) is 45.8 Å². The van der Waals surface area contributed by atoms with Gasteiger partial charge in [0, 0.05) is 18.7 Å². The molecule has 1 aromatic heterocycles. The highest BCUT2D eigenvalue weighted by Crippen LogP contribution is 2.31. The third-order valence-corrected chi connectivity index (χ3v) is 7.53. The van der Waals surface area contributed by atoms with E-state index >= 15 is 0 Å². The Morgan fingerprint density at radius 3 is 2.30 bits per heavy atom. The smallest absolute Gasteiger partial charge is 0.257 e. The number of nitrogens with one attached hydrogen (secondary N) is 1. The van der Waals surface area contributed by atoms with E-state index in [1.165, 1.54) is 39.5 Å². The van der Waals surface area contributed by atoms with Crippen LogP contribution < -0.4 is 18.9 Å². The lowest BCUT2D eigenvalue weighted by atomic mass is 10.1. The monoisotopic (exact) mass is 530 g/mol. The zero-order valence-corrected chi connectivity index (χ0v) is 21.8. The fraction of sp³-hybridized carbons (Fsp3) is 0.400. The molecule has 11 nitrogen and oxygen atoms in total. The van der Waals surface area contributed by atoms with Gasteiger partial charge in [-0.05, 0) is 49.2 Å². The van der Waals surface area contributed by atoms with E-state index < -0.39 is 10.0 Å². The van der Waals surface area contributed by atoms with E-state index in [0.29, 0.717) is 35.9 Å². The van der Waals surface area contributed by atoms with E-state index in [1.807, 2.05) is 0 Å². The van der Waals surface area contributed by atoms with Gasteiger partial charge in [-0.2, -0.15) is 4.98 Å². The molecule has 0 radical (unpaired) electrons. The Balaban J connectivity index is 1.50. The molecular formula is C25H30N4O7S. The van der Waals surface area contributed by atoms with Gasteiger partial charge in [0.05, 0.1) is 38.3 Å². The fourth-order valence-electron chi connectivity index (χ4n) is 4.12. The Hall–Kier alpha value is -3.64. The number of likely N-dealkylation sites (tertiary alicyclic amines) is 1. The van der Waals surface area contributed by atoms with Crippen LogP contribution in [-0.2, 0) is 16.6 Å². The number of carbonyl (C=O) groups is 1. The van der Waals surface area contributed by atoms with Crippen LogP contribution in [0.4, 0.5) is 0 Å². The second kappa shape index (κ2) is 11.6. The highest BCUT2D eigenvalue weighted by Gasteiger charge is 2.24. The van der Waals surface area contributed by atoms with Crippen LogP contribution >= 0.6 is 0 Å². The molecule has 1 amide bonds. The summed E-state index contributed by atoms with van der Waals surface area (Å²) in [6.07, 6.45) is 3.98. The number of aromatic nitrogens is 2. The van der Waals surface area contributed by atoms with Gasteiger partial charge in [-0.3, -0.25) is 4.79 Å². The summed E-state index contributed by atoms with van der Waals surface area (Å²) in [5, 5.41) is 3.93. The number of rotatable bonds is 9. The summed E-state index contributed by atoms with van der Waals surface area (Å²) in [6.45, 7) is 1.04. The molecule has 0 spiro atoms. The van der Waals surface area contributed by atoms with Crippen LogP contribution in [0.5, 0.6) is 17.2 Å². The molecule has 0 unspecified atom stereocenters. The molecule has 1 aliphatic heterocycles. The van der Waals surface area contributed by atoms with E-state index in [4.69, 9.17) is 18.7 Å². The molecule has 1 N–H and O–H groups in total. The first kappa shape index (κ1) is 26.4. The van der Waals surface area contributed by atoms with Gasteiger partial charge in [0.15, 0.2) is 11.5 Å². The summed E-state index contributed by atoms with van der Waals surface area (Å²) in [5.41, 5.74) is 0.822. The molecule has 3 aromatic rings. The second-order valence-electron chi connectivity index (χ2n) is 8.47. The molecule has 0 saturated carbocycles. The van der Waals surface area contributed by atoms with Gasteiger partial charge in [-0.1, -0.05) is 18.0 Å². The minimum Gasteiger partial charge on any atom is -0.496 e. The highest BCUT2D eigenvalue weighted by atomic mass is 32.2. The molecule has 0 bridgehead atoms. The minimum atomic E-state index is -3.99. The first-order chi connectivity index (χ1) is 17.9. The van der Waals surface area contributed by atoms with E-state index in [2.05, 4.69) is 14.9 Å². The van der Waals surface area contributed by atoms with Crippen molar-refractivity contribution in [3.8, 4) is 28.6 Å². The lowest BCUT2D eigenvalue weighted by Crippen LogP contribution is -2.32. The second-order valence-corrected chi connectivity index (χ2v) is 10.2. The molecule has 2 aromatic carbocycles. The topological polar surface area (TPSA) is 133 Å². The zero-order chi connectivity index (χ0) is 26.4. The van der Waals surface area contributed by atoms with Crippen molar-refractivity contribution in [1.29, 1.82) is 0 Å². The number of ether oxygens (including phenoxy) is 3. The Morgan fingerprint density at radius 2 is 1.62 bits per heavy atom. The molecule has 37 heavy (non-hydrogen) atoms. The Kier molecular flexibility index (Phi) is 8.29. The van der Waals surface area contributed by atoms with Crippen LogP contribution in [0, 0.1) is 0 Å². The molecule has 2 heterocycles. The number of carbonyl (C=O) groups excluding carboxylic acids is 1. The van der Waals surface area contributed by atoms with Gasteiger partial charge >= 0.3 is 0 Å². The van der Waals surface area contributed by atoms with Crippen molar-refractivity contribution >= 4 is 15.9 Å². The van der Waals surface area contributed by atoms with Crippen molar-refractivity contribution in [1.82, 2.24) is 19.8 Å². The van der Waals surface area contributed by atoms with Crippen molar-refractivity contribution in [3.63, 3.8) is 0 Å². The fourth-order valence-corrected chi connectivity index (χ4v) is 5.13. The number of nitrogens with zero attached hydrogens (tertiary/aromatic N) is 3. The molecule has 1 aliphatic rings. The Morgan fingerprint density at radius 1 is 0.946 bits per heavy atom. The third-order valence-electron chi connectivity index (χ3n) is 6.13. The Bertz CT molecular complexity index is 1350. The normalized spacial score (nSPS) is 14.2. The van der Waals surface area contributed by atoms with Crippen molar-refractivity contribution in [2.45, 2.75) is 37.1 Å². The molecule has 1 saturated heterocycles. The van der Waals surface area contributed by atoms with Gasteiger partial charge < -0.3 is 23.6 Å². The van der Waals surface area contributed by atoms with Crippen molar-refractivity contribution in [2.75, 3.05) is 34.4 Å². The summed E-state index contributed by atoms with van der Waals surface area (Å²) < 4.78 is 49.6. The third kappa shape index (κ3) is 6.03. The summed E-state index contributed by atoms with van der Waals surface area (Å²) in [7, 11) is 0.510. The molecule has 198 valence electrons. The largest absolute Gasteiger partial charge is 0.496 e. The zero-order valence-electron chi connectivity index (χ0n) is 21.0. The molecule has 4 rings (SSSR count). The van der Waals surface area contributed by atoms with E-state index in [9.17, 15) is 13.2 Å². The summed E-state index contributed by atoms with van der Waals surface area (Å²) in [5.74, 6) is 1.47. The maximum atomic E-state index is 13.2. The molecule has 1 fully saturated rings. The lowest BCUT2D eigenvalue weighted by Gasteiger charge is -2.22. The molecular weight excluding hydrogens is 500 g/mol. The van der Waals surface area contributed by atoms with E-state index in [-0.39, 0.29) is 34.6 Å². The Labute approximate surface area is 215 Å². The van der Waals surface area contributed by atoms with Crippen molar-refractivity contribution in [3.05, 3.63) is 47.9 Å². The summed E-state index contributed by atoms with van der Waals surface area (Å²) >= 11 is 0. The SMILES string of the molecule is COc1ccc(-c2noc(CNS(=O)(=O)c3ccc(OC)c(C(=O)N4CCCCCC4)c3)n2)cc1OC. The lowest BCUT2D eigenvalue weighted by molar-refractivity contribution is 0.0758. The molecule has 0 aliphatic carbocycles. The number of amides is 1. The van der Waals surface area contributed by atoms with Gasteiger partial charge in [0.1, 0.15) is 5.75 Å². The van der Waals surface area contributed by atoms with Gasteiger partial charge in [0.25, 0.3) is 5.91 Å². The van der Waals surface area contributed by atoms with Crippen LogP contribution in [-0.4, -0.2) is 63.8 Å². The molecule has 0 atom stereocenters. The number of hydrogen-bond donors (Lipinski definition) is 1. The standard InChI is InChI=1S/C25H30N4O7S/c1-33-20-11-9-18(15-19(20)25(30)29-12-6-4-5-7-13-29)37(31,32)26-16-23-27-24(28-36-23)17-8-10-21(34-2)22(14-17)35-3/h8-11,14-15,26H,4-7,12-13,16H2,1-3H3. The summed E-state index contributed by atoms with van der Waals surface area (Å²) in [4.78, 5) is 19.2. The predicted octanol–water partition coefficient (Wildman–Crippen LogP) is 3.26. The van der Waals surface area contributed by atoms with Crippen LogP contribution in [0.25, 0.3) is 11.4 Å². The van der Waals surface area contributed by atoms with Crippen molar-refractivity contribution < 1.29 is 31.9 Å². The van der Waals surface area contributed by atoms with Gasteiger partial charge in [0.2, 0.25) is 21.7 Å². The average molecular weight is 531 g/mol. The summed E-state index contributed by atoms with van der Waals surface area (Å²) in [6, 6.07) is 9.36. The van der Waals surface area contributed by atoms with Crippen LogP contribution in [0.2, 0.25) is 0 Å². The number of sulfonamides is 1. The maximum Gasteiger partial charge on any atom is 0.257 e. The van der Waals surface area contributed by atoms with Gasteiger partial charge in [-0.25, -0.2) is 13.1 Å². The minimum absolute atomic E-state index is 0.0638. The van der Waals surface area contributed by atoms with Crippen LogP contribution in [0.3, 0.4) is 0 Å². The van der Waals surface area contributed by atoms with Crippen LogP contribution in [0.1, 0.15) is 41.9 Å². The number of benzene rings is 2. The predicted molar refractivity (Wildman–Crippen MR) is 134 cm³/mol. The average Bonchev–Trinajstić information content (AvgIpc) is 3.24. The highest BCUT2D eigenvalue weighted by molar-refractivity contribution is 7.89. The first-order valence-corrected chi connectivity index (χ1v) is 13.4. The van der Waals surface area contributed by atoms with E-state index in [1.54, 1.807) is 23.1 Å². The van der Waals surface area contributed by atoms with E-state index in [0.717, 1.165) is 25.7 Å². The molecule has 12 heteroatoms. The maximum absolute atomic E-state index is 13.2. The number of methoxy groups -OCH3 is 3. The van der Waals surface area contributed by atoms with Gasteiger partial charge in [-0.15, -0.1) is 0 Å². The first-order valence-electron chi connectivity index (χ1n) is 11.9. The number of hydrogen-bond acceptors (Lipinski definition) is 9. The quantitative estimate of drug-likeness (QED) is 0.442.